The summed E-state index contributed by atoms with van der Waals surface area (Å²) in [6.07, 6.45) is 0.751. The molecule has 1 saturated carbocycles. The number of aliphatic carboxylic acids is 1. The fourth-order valence-electron chi connectivity index (χ4n) is 1.42. The van der Waals surface area contributed by atoms with E-state index < -0.39 is 17.3 Å². The largest absolute Gasteiger partial charge is 0.480 e. The van der Waals surface area contributed by atoms with Gasteiger partial charge in [0.05, 0.1) is 5.69 Å². The molecule has 0 unspecified atom stereocenters. The first-order valence-corrected chi connectivity index (χ1v) is 4.95. The van der Waals surface area contributed by atoms with Crippen LogP contribution in [0.3, 0.4) is 0 Å². The molecule has 16 heavy (non-hydrogen) atoms. The van der Waals surface area contributed by atoms with Crippen molar-refractivity contribution in [2.75, 3.05) is 5.32 Å². The van der Waals surface area contributed by atoms with Crippen LogP contribution in [-0.2, 0) is 9.59 Å². The Morgan fingerprint density at radius 2 is 2.06 bits per heavy atom. The van der Waals surface area contributed by atoms with Gasteiger partial charge in [-0.25, -0.2) is 0 Å². The molecule has 1 aliphatic rings. The Morgan fingerprint density at radius 3 is 2.44 bits per heavy atom. The maximum absolute atomic E-state index is 11.7. The van der Waals surface area contributed by atoms with E-state index >= 15 is 0 Å². The minimum Gasteiger partial charge on any atom is -0.480 e. The monoisotopic (exact) mass is 224 g/mol. The van der Waals surface area contributed by atoms with Crippen molar-refractivity contribution >= 4 is 17.8 Å². The molecular formula is C10H12N2O4. The van der Waals surface area contributed by atoms with Crippen molar-refractivity contribution in [2.24, 2.45) is 5.41 Å². The number of amides is 1. The Morgan fingerprint density at radius 1 is 1.44 bits per heavy atom. The number of carbonyl (C=O) groups excluding carboxylic acids is 1. The Hall–Kier alpha value is -1.85. The zero-order valence-electron chi connectivity index (χ0n) is 9.03. The summed E-state index contributed by atoms with van der Waals surface area (Å²) in [7, 11) is 0. The van der Waals surface area contributed by atoms with Gasteiger partial charge >= 0.3 is 5.97 Å². The summed E-state index contributed by atoms with van der Waals surface area (Å²) in [6, 6.07) is 0. The molecule has 0 saturated heterocycles. The van der Waals surface area contributed by atoms with E-state index in [9.17, 15) is 9.59 Å². The first kappa shape index (κ1) is 10.7. The van der Waals surface area contributed by atoms with Crippen molar-refractivity contribution < 1.29 is 19.2 Å². The predicted molar refractivity (Wildman–Crippen MR) is 53.9 cm³/mol. The highest BCUT2D eigenvalue weighted by Crippen LogP contribution is 2.46. The molecule has 1 aliphatic carbocycles. The molecule has 0 aliphatic heterocycles. The molecule has 1 fully saturated rings. The number of carboxylic acid groups (broad SMARTS) is 1. The van der Waals surface area contributed by atoms with E-state index in [-0.39, 0.29) is 5.88 Å². The van der Waals surface area contributed by atoms with Crippen molar-refractivity contribution in [2.45, 2.75) is 26.7 Å². The highest BCUT2D eigenvalue weighted by atomic mass is 16.5. The second kappa shape index (κ2) is 3.33. The molecule has 2 rings (SSSR count). The van der Waals surface area contributed by atoms with Gasteiger partial charge in [-0.05, 0) is 26.7 Å². The first-order chi connectivity index (χ1) is 7.47. The molecule has 86 valence electrons. The molecule has 2 N–H and O–H groups in total. The molecule has 0 spiro atoms. The van der Waals surface area contributed by atoms with E-state index in [0.717, 1.165) is 5.56 Å². The molecule has 0 bridgehead atoms. The van der Waals surface area contributed by atoms with Crippen molar-refractivity contribution in [3.05, 3.63) is 11.3 Å². The van der Waals surface area contributed by atoms with Crippen LogP contribution in [-0.4, -0.2) is 22.1 Å². The average molecular weight is 224 g/mol. The van der Waals surface area contributed by atoms with Crippen LogP contribution in [0.15, 0.2) is 4.52 Å². The molecule has 1 amide bonds. The summed E-state index contributed by atoms with van der Waals surface area (Å²) in [5.74, 6) is -1.38. The maximum Gasteiger partial charge on any atom is 0.319 e. The zero-order valence-corrected chi connectivity index (χ0v) is 9.03. The minimum absolute atomic E-state index is 0.232. The predicted octanol–water partition coefficient (Wildman–Crippen LogP) is 1.09. The van der Waals surface area contributed by atoms with Crippen LogP contribution in [0.2, 0.25) is 0 Å². The SMILES string of the molecule is Cc1noc(NC(=O)C2(C(=O)O)CC2)c1C. The number of hydrogen-bond acceptors (Lipinski definition) is 4. The molecule has 6 heteroatoms. The van der Waals surface area contributed by atoms with E-state index in [1.165, 1.54) is 0 Å². The van der Waals surface area contributed by atoms with Gasteiger partial charge in [-0.3, -0.25) is 14.9 Å². The second-order valence-corrected chi connectivity index (χ2v) is 4.06. The lowest BCUT2D eigenvalue weighted by Crippen LogP contribution is -2.31. The smallest absolute Gasteiger partial charge is 0.319 e. The number of nitrogens with one attached hydrogen (secondary N) is 1. The number of anilines is 1. The summed E-state index contributed by atoms with van der Waals surface area (Å²) in [4.78, 5) is 22.6. The molecule has 0 radical (unpaired) electrons. The molecule has 1 heterocycles. The molecule has 1 aromatic heterocycles. The Bertz CT molecular complexity index is 459. The number of nitrogens with zero attached hydrogens (tertiary/aromatic N) is 1. The fraction of sp³-hybridized carbons (Fsp3) is 0.500. The van der Waals surface area contributed by atoms with E-state index in [0.29, 0.717) is 18.5 Å². The van der Waals surface area contributed by atoms with E-state index in [2.05, 4.69) is 10.5 Å². The molecular weight excluding hydrogens is 212 g/mol. The van der Waals surface area contributed by atoms with E-state index in [1.807, 2.05) is 0 Å². The second-order valence-electron chi connectivity index (χ2n) is 4.06. The number of carbonyl (C=O) groups is 2. The summed E-state index contributed by atoms with van der Waals surface area (Å²) in [5, 5.41) is 15.1. The fourth-order valence-corrected chi connectivity index (χ4v) is 1.42. The van der Waals surface area contributed by atoms with Crippen LogP contribution < -0.4 is 5.32 Å². The Balaban J connectivity index is 2.15. The normalized spacial score (nSPS) is 16.9. The average Bonchev–Trinajstić information content (AvgIpc) is 2.98. The summed E-state index contributed by atoms with van der Waals surface area (Å²) in [6.45, 7) is 3.50. The lowest BCUT2D eigenvalue weighted by molar-refractivity contribution is -0.147. The summed E-state index contributed by atoms with van der Waals surface area (Å²) < 4.78 is 4.89. The van der Waals surface area contributed by atoms with Crippen LogP contribution in [0, 0.1) is 19.3 Å². The van der Waals surface area contributed by atoms with Gasteiger partial charge in [0, 0.05) is 5.56 Å². The van der Waals surface area contributed by atoms with Gasteiger partial charge in [0.1, 0.15) is 5.41 Å². The Kier molecular flexibility index (Phi) is 2.22. The van der Waals surface area contributed by atoms with Crippen LogP contribution in [0.1, 0.15) is 24.1 Å². The lowest BCUT2D eigenvalue weighted by Gasteiger charge is -2.08. The van der Waals surface area contributed by atoms with Crippen molar-refractivity contribution in [3.8, 4) is 0 Å². The number of rotatable bonds is 3. The zero-order chi connectivity index (χ0) is 11.9. The van der Waals surface area contributed by atoms with Gasteiger partial charge in [-0.1, -0.05) is 5.16 Å². The van der Waals surface area contributed by atoms with Crippen LogP contribution in [0.4, 0.5) is 5.88 Å². The van der Waals surface area contributed by atoms with Crippen LogP contribution in [0.5, 0.6) is 0 Å². The minimum atomic E-state index is -1.26. The van der Waals surface area contributed by atoms with Gasteiger partial charge in [0.15, 0.2) is 0 Å². The van der Waals surface area contributed by atoms with E-state index in [4.69, 9.17) is 9.63 Å². The highest BCUT2D eigenvalue weighted by molar-refractivity contribution is 6.10. The number of aryl methyl sites for hydroxylation is 1. The molecule has 0 atom stereocenters. The third-order valence-corrected chi connectivity index (χ3v) is 2.98. The van der Waals surface area contributed by atoms with Crippen molar-refractivity contribution in [1.29, 1.82) is 0 Å². The van der Waals surface area contributed by atoms with Gasteiger partial charge < -0.3 is 9.63 Å². The third kappa shape index (κ3) is 1.46. The van der Waals surface area contributed by atoms with Gasteiger partial charge in [-0.2, -0.15) is 0 Å². The van der Waals surface area contributed by atoms with Gasteiger partial charge in [0.2, 0.25) is 11.8 Å². The first-order valence-electron chi connectivity index (χ1n) is 4.95. The maximum atomic E-state index is 11.7. The molecule has 1 aromatic rings. The number of aromatic nitrogens is 1. The van der Waals surface area contributed by atoms with Crippen LogP contribution in [0.25, 0.3) is 0 Å². The van der Waals surface area contributed by atoms with E-state index in [1.54, 1.807) is 13.8 Å². The summed E-state index contributed by atoms with van der Waals surface area (Å²) >= 11 is 0. The van der Waals surface area contributed by atoms with Crippen molar-refractivity contribution in [1.82, 2.24) is 5.16 Å². The van der Waals surface area contributed by atoms with Gasteiger partial charge in [-0.15, -0.1) is 0 Å². The third-order valence-electron chi connectivity index (χ3n) is 2.98. The standard InChI is InChI=1S/C10H12N2O4/c1-5-6(2)12-16-7(5)11-8(13)10(3-4-10)9(14)15/h3-4H2,1-2H3,(H,11,13)(H,14,15). The van der Waals surface area contributed by atoms with Crippen LogP contribution >= 0.6 is 0 Å². The topological polar surface area (TPSA) is 92.4 Å². The number of carboxylic acids is 1. The van der Waals surface area contributed by atoms with Gasteiger partial charge in [0.25, 0.3) is 0 Å². The summed E-state index contributed by atoms with van der Waals surface area (Å²) in [5.41, 5.74) is 0.137. The highest BCUT2D eigenvalue weighted by Gasteiger charge is 2.57. The molecule has 0 aromatic carbocycles. The van der Waals surface area contributed by atoms with Crippen molar-refractivity contribution in [3.63, 3.8) is 0 Å². The molecule has 6 nitrogen and oxygen atoms in total. The number of hydrogen-bond donors (Lipinski definition) is 2. The lowest BCUT2D eigenvalue weighted by atomic mass is 10.1. The quantitative estimate of drug-likeness (QED) is 0.750. The Labute approximate surface area is 91.6 Å².